The Morgan fingerprint density at radius 1 is 1.09 bits per heavy atom. The van der Waals surface area contributed by atoms with Crippen molar-refractivity contribution in [1.29, 1.82) is 0 Å². The van der Waals surface area contributed by atoms with E-state index >= 15 is 0 Å². The second kappa shape index (κ2) is 7.93. The topological polar surface area (TPSA) is 71.1 Å². The third-order valence-corrected chi connectivity index (χ3v) is 3.19. The number of nitrogens with zero attached hydrogens (tertiary/aromatic N) is 1. The zero-order chi connectivity index (χ0) is 15.8. The molecule has 0 spiro atoms. The first-order chi connectivity index (χ1) is 10.6. The van der Waals surface area contributed by atoms with Gasteiger partial charge in [0.2, 0.25) is 0 Å². The molecule has 0 aliphatic heterocycles. The van der Waals surface area contributed by atoms with Crippen LogP contribution in [0.2, 0.25) is 0 Å². The first-order valence-electron chi connectivity index (χ1n) is 7.15. The van der Waals surface area contributed by atoms with Crippen LogP contribution in [-0.4, -0.2) is 23.3 Å². The molecule has 1 aromatic heterocycles. The second-order valence-corrected chi connectivity index (χ2v) is 5.01. The van der Waals surface area contributed by atoms with Crippen molar-refractivity contribution in [3.8, 4) is 0 Å². The minimum Gasteiger partial charge on any atom is -0.338 e. The maximum Gasteiger partial charge on any atom is 0.315 e. The summed E-state index contributed by atoms with van der Waals surface area (Å²) in [5.74, 6) is 0.0209. The molecule has 0 saturated heterocycles. The summed E-state index contributed by atoms with van der Waals surface area (Å²) in [6.07, 6.45) is 3.66. The van der Waals surface area contributed by atoms with E-state index in [1.165, 1.54) is 0 Å². The summed E-state index contributed by atoms with van der Waals surface area (Å²) in [6.45, 7) is 2.69. The average Bonchev–Trinajstić information content (AvgIpc) is 2.54. The predicted molar refractivity (Wildman–Crippen MR) is 84.6 cm³/mol. The predicted octanol–water partition coefficient (Wildman–Crippen LogP) is 2.46. The highest BCUT2D eigenvalue weighted by molar-refractivity contribution is 5.96. The molecule has 5 heteroatoms. The van der Waals surface area contributed by atoms with Crippen LogP contribution in [0, 0.1) is 6.92 Å². The minimum absolute atomic E-state index is 0.0209. The Bertz CT molecular complexity index is 624. The van der Waals surface area contributed by atoms with Crippen molar-refractivity contribution in [3.63, 3.8) is 0 Å². The Morgan fingerprint density at radius 2 is 1.86 bits per heavy atom. The zero-order valence-electron chi connectivity index (χ0n) is 12.5. The number of aryl methyl sites for hydroxylation is 1. The molecule has 22 heavy (non-hydrogen) atoms. The average molecular weight is 297 g/mol. The van der Waals surface area contributed by atoms with Crippen molar-refractivity contribution in [2.45, 2.75) is 19.9 Å². The SMILES string of the molecule is Cc1ccc(C(=O)CCNC(=O)NCc2cccnc2)cc1. The third-order valence-electron chi connectivity index (χ3n) is 3.19. The summed E-state index contributed by atoms with van der Waals surface area (Å²) < 4.78 is 0. The first kappa shape index (κ1) is 15.7. The van der Waals surface area contributed by atoms with Gasteiger partial charge in [-0.15, -0.1) is 0 Å². The highest BCUT2D eigenvalue weighted by Gasteiger charge is 2.06. The molecule has 2 amide bonds. The summed E-state index contributed by atoms with van der Waals surface area (Å²) in [4.78, 5) is 27.5. The molecule has 0 aliphatic carbocycles. The molecule has 2 N–H and O–H groups in total. The summed E-state index contributed by atoms with van der Waals surface area (Å²) in [5.41, 5.74) is 2.71. The summed E-state index contributed by atoms with van der Waals surface area (Å²) in [7, 11) is 0. The van der Waals surface area contributed by atoms with Gasteiger partial charge in [0.15, 0.2) is 5.78 Å². The molecule has 2 rings (SSSR count). The molecule has 114 valence electrons. The van der Waals surface area contributed by atoms with Crippen LogP contribution in [0.3, 0.4) is 0 Å². The number of pyridine rings is 1. The standard InChI is InChI=1S/C17H19N3O2/c1-13-4-6-15(7-5-13)16(21)8-10-19-17(22)20-12-14-3-2-9-18-11-14/h2-7,9,11H,8,10,12H2,1H3,(H2,19,20,22). The number of ketones is 1. The van der Waals surface area contributed by atoms with Crippen LogP contribution in [0.5, 0.6) is 0 Å². The smallest absolute Gasteiger partial charge is 0.315 e. The number of aromatic nitrogens is 1. The number of nitrogens with one attached hydrogen (secondary N) is 2. The summed E-state index contributed by atoms with van der Waals surface area (Å²) in [6, 6.07) is 10.8. The molecular formula is C17H19N3O2. The fourth-order valence-electron chi connectivity index (χ4n) is 1.92. The van der Waals surface area contributed by atoms with E-state index < -0.39 is 0 Å². The maximum atomic E-state index is 11.9. The van der Waals surface area contributed by atoms with Crippen molar-refractivity contribution in [3.05, 3.63) is 65.5 Å². The van der Waals surface area contributed by atoms with Gasteiger partial charge in [0.25, 0.3) is 0 Å². The molecule has 0 bridgehead atoms. The van der Waals surface area contributed by atoms with Crippen molar-refractivity contribution in [2.24, 2.45) is 0 Å². The number of carbonyl (C=O) groups is 2. The van der Waals surface area contributed by atoms with E-state index in [1.807, 2.05) is 31.2 Å². The van der Waals surface area contributed by atoms with E-state index in [1.54, 1.807) is 24.5 Å². The molecule has 1 aromatic carbocycles. The Hall–Kier alpha value is -2.69. The fraction of sp³-hybridized carbons (Fsp3) is 0.235. The zero-order valence-corrected chi connectivity index (χ0v) is 12.5. The van der Waals surface area contributed by atoms with Crippen molar-refractivity contribution >= 4 is 11.8 Å². The van der Waals surface area contributed by atoms with Crippen LogP contribution in [0.4, 0.5) is 4.79 Å². The highest BCUT2D eigenvalue weighted by Crippen LogP contribution is 2.05. The third kappa shape index (κ3) is 5.01. The molecule has 0 unspecified atom stereocenters. The molecule has 0 atom stereocenters. The van der Waals surface area contributed by atoms with Gasteiger partial charge in [-0.3, -0.25) is 9.78 Å². The first-order valence-corrected chi connectivity index (χ1v) is 7.15. The Kier molecular flexibility index (Phi) is 5.65. The molecule has 0 saturated carbocycles. The normalized spacial score (nSPS) is 10.0. The molecule has 0 fully saturated rings. The van der Waals surface area contributed by atoms with Crippen molar-refractivity contribution in [2.75, 3.05) is 6.54 Å². The fourth-order valence-corrected chi connectivity index (χ4v) is 1.92. The Balaban J connectivity index is 1.68. The molecule has 5 nitrogen and oxygen atoms in total. The monoisotopic (exact) mass is 297 g/mol. The molecule has 0 aliphatic rings. The van der Waals surface area contributed by atoms with Crippen LogP contribution in [-0.2, 0) is 6.54 Å². The summed E-state index contributed by atoms with van der Waals surface area (Å²) in [5, 5.41) is 5.39. The van der Waals surface area contributed by atoms with Crippen molar-refractivity contribution < 1.29 is 9.59 Å². The van der Waals surface area contributed by atoms with Gasteiger partial charge in [0.05, 0.1) is 0 Å². The number of carbonyl (C=O) groups excluding carboxylic acids is 2. The van der Waals surface area contributed by atoms with Gasteiger partial charge in [0, 0.05) is 37.5 Å². The lowest BCUT2D eigenvalue weighted by atomic mass is 10.1. The van der Waals surface area contributed by atoms with Gasteiger partial charge in [-0.05, 0) is 18.6 Å². The number of urea groups is 1. The quantitative estimate of drug-likeness (QED) is 0.805. The van der Waals surface area contributed by atoms with Crippen LogP contribution in [0.1, 0.15) is 27.9 Å². The van der Waals surface area contributed by atoms with Crippen LogP contribution >= 0.6 is 0 Å². The van der Waals surface area contributed by atoms with E-state index in [0.717, 1.165) is 11.1 Å². The van der Waals surface area contributed by atoms with E-state index in [-0.39, 0.29) is 18.2 Å². The van der Waals surface area contributed by atoms with Crippen molar-refractivity contribution in [1.82, 2.24) is 15.6 Å². The number of amides is 2. The van der Waals surface area contributed by atoms with Gasteiger partial charge in [-0.2, -0.15) is 0 Å². The van der Waals surface area contributed by atoms with E-state index in [4.69, 9.17) is 0 Å². The van der Waals surface area contributed by atoms with Gasteiger partial charge < -0.3 is 10.6 Å². The van der Waals surface area contributed by atoms with Crippen LogP contribution in [0.25, 0.3) is 0 Å². The van der Waals surface area contributed by atoms with E-state index in [9.17, 15) is 9.59 Å². The number of hydrogen-bond donors (Lipinski definition) is 2. The van der Waals surface area contributed by atoms with E-state index in [0.29, 0.717) is 18.7 Å². The van der Waals surface area contributed by atoms with Crippen LogP contribution in [0.15, 0.2) is 48.8 Å². The van der Waals surface area contributed by atoms with Gasteiger partial charge >= 0.3 is 6.03 Å². The molecular weight excluding hydrogens is 278 g/mol. The Morgan fingerprint density at radius 3 is 2.55 bits per heavy atom. The van der Waals surface area contributed by atoms with Crippen LogP contribution < -0.4 is 10.6 Å². The highest BCUT2D eigenvalue weighted by atomic mass is 16.2. The molecule has 0 radical (unpaired) electrons. The largest absolute Gasteiger partial charge is 0.338 e. The molecule has 1 heterocycles. The maximum absolute atomic E-state index is 11.9. The lowest BCUT2D eigenvalue weighted by Crippen LogP contribution is -2.36. The minimum atomic E-state index is -0.291. The van der Waals surface area contributed by atoms with Gasteiger partial charge in [-0.1, -0.05) is 35.9 Å². The second-order valence-electron chi connectivity index (χ2n) is 5.01. The van der Waals surface area contributed by atoms with Gasteiger partial charge in [0.1, 0.15) is 0 Å². The number of Topliss-reactive ketones (excluding diaryl/α,β-unsaturated/α-hetero) is 1. The number of rotatable bonds is 6. The lowest BCUT2D eigenvalue weighted by Gasteiger charge is -2.07. The van der Waals surface area contributed by atoms with E-state index in [2.05, 4.69) is 15.6 Å². The number of hydrogen-bond acceptors (Lipinski definition) is 3. The Labute approximate surface area is 129 Å². The van der Waals surface area contributed by atoms with Gasteiger partial charge in [-0.25, -0.2) is 4.79 Å². The number of benzene rings is 1. The summed E-state index contributed by atoms with van der Waals surface area (Å²) >= 11 is 0. The molecule has 2 aromatic rings. The lowest BCUT2D eigenvalue weighted by molar-refractivity contribution is 0.0983.